The number of aryl methyl sites for hydroxylation is 2. The van der Waals surface area contributed by atoms with E-state index in [2.05, 4.69) is 4.98 Å². The summed E-state index contributed by atoms with van der Waals surface area (Å²) in [5.74, 6) is 0.795. The standard InChI is InChI=1S/C12H13NO2/c1-7-6-10(14)9-4-5-11(15-3)8(2)12(9)13-7/h4-6H,1-3H3,(H,13,14). The van der Waals surface area contributed by atoms with Gasteiger partial charge in [-0.2, -0.15) is 0 Å². The van der Waals surface area contributed by atoms with Crippen molar-refractivity contribution in [2.75, 3.05) is 7.11 Å². The van der Waals surface area contributed by atoms with Crippen molar-refractivity contribution in [1.82, 2.24) is 4.98 Å². The molecule has 0 radical (unpaired) electrons. The van der Waals surface area contributed by atoms with Crippen molar-refractivity contribution in [1.29, 1.82) is 0 Å². The van der Waals surface area contributed by atoms with E-state index in [4.69, 9.17) is 4.74 Å². The molecule has 0 bridgehead atoms. The molecule has 0 saturated carbocycles. The molecular weight excluding hydrogens is 190 g/mol. The van der Waals surface area contributed by atoms with Crippen LogP contribution in [0.15, 0.2) is 23.0 Å². The fourth-order valence-electron chi connectivity index (χ4n) is 1.79. The minimum absolute atomic E-state index is 0.0482. The summed E-state index contributed by atoms with van der Waals surface area (Å²) in [6, 6.07) is 5.22. The summed E-state index contributed by atoms with van der Waals surface area (Å²) in [5, 5.41) is 0.707. The predicted octanol–water partition coefficient (Wildman–Crippen LogP) is 2.15. The van der Waals surface area contributed by atoms with E-state index in [0.29, 0.717) is 5.39 Å². The van der Waals surface area contributed by atoms with Crippen molar-refractivity contribution in [2.24, 2.45) is 0 Å². The van der Waals surface area contributed by atoms with Gasteiger partial charge in [-0.05, 0) is 26.0 Å². The lowest BCUT2D eigenvalue weighted by Crippen LogP contribution is -2.04. The van der Waals surface area contributed by atoms with E-state index in [0.717, 1.165) is 22.5 Å². The quantitative estimate of drug-likeness (QED) is 0.771. The number of pyridine rings is 1. The van der Waals surface area contributed by atoms with Crippen LogP contribution in [0.5, 0.6) is 5.75 Å². The highest BCUT2D eigenvalue weighted by atomic mass is 16.5. The van der Waals surface area contributed by atoms with Crippen LogP contribution in [0.25, 0.3) is 10.9 Å². The first kappa shape index (κ1) is 9.77. The zero-order chi connectivity index (χ0) is 11.0. The number of nitrogens with one attached hydrogen (secondary N) is 1. The summed E-state index contributed by atoms with van der Waals surface area (Å²) in [7, 11) is 1.63. The van der Waals surface area contributed by atoms with Gasteiger partial charge in [0, 0.05) is 22.7 Å². The highest BCUT2D eigenvalue weighted by Crippen LogP contribution is 2.23. The first-order valence-electron chi connectivity index (χ1n) is 4.80. The van der Waals surface area contributed by atoms with Gasteiger partial charge in [0.15, 0.2) is 5.43 Å². The third-order valence-electron chi connectivity index (χ3n) is 2.57. The maximum Gasteiger partial charge on any atom is 0.189 e. The van der Waals surface area contributed by atoms with Crippen molar-refractivity contribution >= 4 is 10.9 Å². The molecule has 1 aromatic carbocycles. The molecule has 1 aromatic heterocycles. The van der Waals surface area contributed by atoms with Gasteiger partial charge in [-0.1, -0.05) is 0 Å². The van der Waals surface area contributed by atoms with Gasteiger partial charge in [0.25, 0.3) is 0 Å². The molecule has 0 aliphatic carbocycles. The Bertz CT molecular complexity index is 570. The second-order valence-electron chi connectivity index (χ2n) is 3.63. The fraction of sp³-hybridized carbons (Fsp3) is 0.250. The number of aromatic nitrogens is 1. The van der Waals surface area contributed by atoms with E-state index in [9.17, 15) is 4.79 Å². The van der Waals surface area contributed by atoms with Gasteiger partial charge in [0.1, 0.15) is 5.75 Å². The van der Waals surface area contributed by atoms with Gasteiger partial charge in [0.05, 0.1) is 12.6 Å². The second-order valence-corrected chi connectivity index (χ2v) is 3.63. The monoisotopic (exact) mass is 203 g/mol. The fourth-order valence-corrected chi connectivity index (χ4v) is 1.79. The van der Waals surface area contributed by atoms with Crippen LogP contribution in [-0.4, -0.2) is 12.1 Å². The Morgan fingerprint density at radius 1 is 1.27 bits per heavy atom. The topological polar surface area (TPSA) is 42.1 Å². The zero-order valence-corrected chi connectivity index (χ0v) is 9.05. The molecule has 0 saturated heterocycles. The number of aromatic amines is 1. The molecule has 15 heavy (non-hydrogen) atoms. The molecule has 0 aliphatic heterocycles. The molecule has 3 nitrogen and oxygen atoms in total. The van der Waals surface area contributed by atoms with Crippen molar-refractivity contribution in [3.05, 3.63) is 39.7 Å². The maximum atomic E-state index is 11.7. The lowest BCUT2D eigenvalue weighted by atomic mass is 10.1. The molecule has 78 valence electrons. The van der Waals surface area contributed by atoms with Crippen LogP contribution in [0.3, 0.4) is 0 Å². The van der Waals surface area contributed by atoms with Crippen molar-refractivity contribution < 1.29 is 4.74 Å². The van der Waals surface area contributed by atoms with Crippen LogP contribution >= 0.6 is 0 Å². The number of hydrogen-bond donors (Lipinski definition) is 1. The van der Waals surface area contributed by atoms with Crippen LogP contribution in [0.1, 0.15) is 11.3 Å². The zero-order valence-electron chi connectivity index (χ0n) is 9.05. The summed E-state index contributed by atoms with van der Waals surface area (Å²) in [6.45, 7) is 3.82. The predicted molar refractivity (Wildman–Crippen MR) is 60.6 cm³/mol. The van der Waals surface area contributed by atoms with Crippen LogP contribution < -0.4 is 10.2 Å². The average Bonchev–Trinajstić information content (AvgIpc) is 2.19. The summed E-state index contributed by atoms with van der Waals surface area (Å²) in [4.78, 5) is 14.9. The van der Waals surface area contributed by atoms with E-state index in [-0.39, 0.29) is 5.43 Å². The molecule has 1 N–H and O–H groups in total. The molecule has 0 spiro atoms. The van der Waals surface area contributed by atoms with Gasteiger partial charge in [-0.3, -0.25) is 4.79 Å². The molecule has 2 aromatic rings. The van der Waals surface area contributed by atoms with Crippen LogP contribution in [0.2, 0.25) is 0 Å². The van der Waals surface area contributed by atoms with Crippen molar-refractivity contribution in [2.45, 2.75) is 13.8 Å². The molecule has 1 heterocycles. The number of methoxy groups -OCH3 is 1. The summed E-state index contributed by atoms with van der Waals surface area (Å²) >= 11 is 0. The number of ether oxygens (including phenoxy) is 1. The average molecular weight is 203 g/mol. The van der Waals surface area contributed by atoms with Gasteiger partial charge in [-0.25, -0.2) is 0 Å². The van der Waals surface area contributed by atoms with E-state index in [1.807, 2.05) is 19.9 Å². The Labute approximate surface area is 87.7 Å². The molecule has 0 aliphatic rings. The van der Waals surface area contributed by atoms with Crippen LogP contribution in [0.4, 0.5) is 0 Å². The number of rotatable bonds is 1. The number of benzene rings is 1. The molecular formula is C12H13NO2. The van der Waals surface area contributed by atoms with Gasteiger partial charge in [0.2, 0.25) is 0 Å². The van der Waals surface area contributed by atoms with Crippen LogP contribution in [-0.2, 0) is 0 Å². The normalized spacial score (nSPS) is 10.6. The SMILES string of the molecule is COc1ccc2c(=O)cc(C)[nH]c2c1C. The Hall–Kier alpha value is -1.77. The molecule has 0 atom stereocenters. The second kappa shape index (κ2) is 3.42. The van der Waals surface area contributed by atoms with E-state index in [1.54, 1.807) is 19.2 Å². The van der Waals surface area contributed by atoms with Crippen molar-refractivity contribution in [3.8, 4) is 5.75 Å². The number of fused-ring (bicyclic) bond motifs is 1. The van der Waals surface area contributed by atoms with Gasteiger partial charge >= 0.3 is 0 Å². The highest BCUT2D eigenvalue weighted by molar-refractivity contribution is 5.83. The summed E-state index contributed by atoms with van der Waals surface area (Å²) in [5.41, 5.74) is 2.74. The lowest BCUT2D eigenvalue weighted by Gasteiger charge is -2.08. The van der Waals surface area contributed by atoms with E-state index in [1.165, 1.54) is 0 Å². The molecule has 2 rings (SSSR count). The number of H-pyrrole nitrogens is 1. The molecule has 0 fully saturated rings. The molecule has 0 unspecified atom stereocenters. The Balaban J connectivity index is 2.93. The first-order chi connectivity index (χ1) is 7.13. The minimum atomic E-state index is 0.0482. The highest BCUT2D eigenvalue weighted by Gasteiger charge is 2.06. The maximum absolute atomic E-state index is 11.7. The minimum Gasteiger partial charge on any atom is -0.496 e. The largest absolute Gasteiger partial charge is 0.496 e. The van der Waals surface area contributed by atoms with E-state index >= 15 is 0 Å². The third kappa shape index (κ3) is 1.50. The summed E-state index contributed by atoms with van der Waals surface area (Å²) < 4.78 is 5.21. The lowest BCUT2D eigenvalue weighted by molar-refractivity contribution is 0.412. The Morgan fingerprint density at radius 2 is 2.00 bits per heavy atom. The van der Waals surface area contributed by atoms with Crippen molar-refractivity contribution in [3.63, 3.8) is 0 Å². The van der Waals surface area contributed by atoms with E-state index < -0.39 is 0 Å². The Morgan fingerprint density at radius 3 is 2.67 bits per heavy atom. The third-order valence-corrected chi connectivity index (χ3v) is 2.57. The molecule has 3 heteroatoms. The number of hydrogen-bond acceptors (Lipinski definition) is 2. The summed E-state index contributed by atoms with van der Waals surface area (Å²) in [6.07, 6.45) is 0. The van der Waals surface area contributed by atoms with Gasteiger partial charge < -0.3 is 9.72 Å². The molecule has 0 amide bonds. The van der Waals surface area contributed by atoms with Gasteiger partial charge in [-0.15, -0.1) is 0 Å². The smallest absolute Gasteiger partial charge is 0.189 e. The first-order valence-corrected chi connectivity index (χ1v) is 4.80. The van der Waals surface area contributed by atoms with Crippen LogP contribution in [0, 0.1) is 13.8 Å². The Kier molecular flexibility index (Phi) is 2.23.